The van der Waals surface area contributed by atoms with Crippen LogP contribution in [0.3, 0.4) is 0 Å². The zero-order valence-electron chi connectivity index (χ0n) is 23.7. The summed E-state index contributed by atoms with van der Waals surface area (Å²) in [5.41, 5.74) is -1.94. The zero-order valence-corrected chi connectivity index (χ0v) is 27.3. The molecule has 35 heavy (non-hydrogen) atoms. The van der Waals surface area contributed by atoms with E-state index in [4.69, 9.17) is 13.6 Å². The summed E-state index contributed by atoms with van der Waals surface area (Å²) in [4.78, 5) is 26.9. The molecule has 0 aromatic carbocycles. The smallest absolute Gasteiger partial charge is 0.330 e. The van der Waals surface area contributed by atoms with E-state index in [0.29, 0.717) is 13.0 Å². The SMILES string of the molecule is CC(C)C[C@@]1(n2ccc(=O)[nH]c2=O)O[C@H](CO[Si](C)(C)C(C)(C)C)[C@@H](O[Si](C)(C)C(C)(C)C)[C@@H]1Br. The quantitative estimate of drug-likeness (QED) is 0.305. The van der Waals surface area contributed by atoms with Gasteiger partial charge in [-0.05, 0) is 48.6 Å². The maximum absolute atomic E-state index is 13.0. The first-order valence-electron chi connectivity index (χ1n) is 12.6. The number of halogens is 1. The van der Waals surface area contributed by atoms with E-state index in [-0.39, 0.29) is 33.0 Å². The largest absolute Gasteiger partial charge is 0.414 e. The van der Waals surface area contributed by atoms with Crippen molar-refractivity contribution in [3.05, 3.63) is 33.1 Å². The van der Waals surface area contributed by atoms with E-state index >= 15 is 0 Å². The Kier molecular flexibility index (Phi) is 9.05. The Morgan fingerprint density at radius 3 is 2.09 bits per heavy atom. The van der Waals surface area contributed by atoms with Gasteiger partial charge in [-0.3, -0.25) is 14.3 Å². The molecule has 0 amide bonds. The first-order chi connectivity index (χ1) is 15.6. The van der Waals surface area contributed by atoms with E-state index in [2.05, 4.69) is 102 Å². The first kappa shape index (κ1) is 30.7. The Balaban J connectivity index is 2.61. The Morgan fingerprint density at radius 2 is 1.63 bits per heavy atom. The van der Waals surface area contributed by atoms with Gasteiger partial charge >= 0.3 is 5.69 Å². The minimum absolute atomic E-state index is 0.00266. The summed E-state index contributed by atoms with van der Waals surface area (Å²) in [6.45, 7) is 26.8. The molecule has 1 aliphatic rings. The fraction of sp³-hybridized carbons (Fsp3) is 0.840. The summed E-state index contributed by atoms with van der Waals surface area (Å²) >= 11 is 3.94. The number of hydrogen-bond donors (Lipinski definition) is 1. The molecule has 0 bridgehead atoms. The van der Waals surface area contributed by atoms with Gasteiger partial charge < -0.3 is 13.6 Å². The standard InChI is InChI=1S/C25H47BrN2O5Si2/c1-17(2)15-25(28-14-13-19(29)27-22(28)30)21(26)20(33-35(11,12)24(6,7)8)18(32-25)16-31-34(9,10)23(3,4)5/h13-14,17-18,20-21H,15-16H2,1-12H3,(H,27,29,30)/t18-,20-,21+,25-/m1/s1. The third kappa shape index (κ3) is 6.49. The highest BCUT2D eigenvalue weighted by molar-refractivity contribution is 9.09. The molecule has 2 rings (SSSR count). The molecule has 4 atom stereocenters. The normalized spacial score (nSPS) is 26.5. The van der Waals surface area contributed by atoms with Gasteiger partial charge in [0.05, 0.1) is 17.5 Å². The molecule has 2 heterocycles. The predicted molar refractivity (Wildman–Crippen MR) is 152 cm³/mol. The monoisotopic (exact) mass is 590 g/mol. The molecule has 10 heteroatoms. The number of ether oxygens (including phenoxy) is 1. The second-order valence-corrected chi connectivity index (χ2v) is 23.9. The van der Waals surface area contributed by atoms with Gasteiger partial charge in [0.25, 0.3) is 5.56 Å². The van der Waals surface area contributed by atoms with Crippen LogP contribution in [-0.4, -0.2) is 49.8 Å². The molecule has 0 radical (unpaired) electrons. The fourth-order valence-electron chi connectivity index (χ4n) is 3.88. The number of nitrogens with zero attached hydrogens (tertiary/aromatic N) is 1. The number of aromatic nitrogens is 2. The van der Waals surface area contributed by atoms with Crippen LogP contribution in [0.2, 0.25) is 36.3 Å². The summed E-state index contributed by atoms with van der Waals surface area (Å²) in [6.07, 6.45) is 1.42. The molecule has 1 saturated heterocycles. The van der Waals surface area contributed by atoms with E-state index in [1.807, 2.05) is 0 Å². The molecule has 7 nitrogen and oxygen atoms in total. The number of hydrogen-bond acceptors (Lipinski definition) is 5. The van der Waals surface area contributed by atoms with Crippen LogP contribution < -0.4 is 11.2 Å². The van der Waals surface area contributed by atoms with E-state index in [1.54, 1.807) is 0 Å². The highest BCUT2D eigenvalue weighted by Crippen LogP contribution is 2.48. The molecule has 202 valence electrons. The van der Waals surface area contributed by atoms with Crippen LogP contribution in [0.4, 0.5) is 0 Å². The molecule has 1 aromatic heterocycles. The summed E-state index contributed by atoms with van der Waals surface area (Å²) in [5.74, 6) is 0.224. The van der Waals surface area contributed by atoms with Crippen LogP contribution in [0.5, 0.6) is 0 Å². The van der Waals surface area contributed by atoms with E-state index in [9.17, 15) is 9.59 Å². The van der Waals surface area contributed by atoms with Gasteiger partial charge in [0, 0.05) is 12.3 Å². The van der Waals surface area contributed by atoms with Crippen LogP contribution >= 0.6 is 15.9 Å². The predicted octanol–water partition coefficient (Wildman–Crippen LogP) is 5.81. The number of H-pyrrole nitrogens is 1. The summed E-state index contributed by atoms with van der Waals surface area (Å²) < 4.78 is 22.0. The molecule has 1 N–H and O–H groups in total. The van der Waals surface area contributed by atoms with Gasteiger partial charge in [0.1, 0.15) is 6.10 Å². The van der Waals surface area contributed by atoms with Crippen molar-refractivity contribution < 1.29 is 13.6 Å². The van der Waals surface area contributed by atoms with Gasteiger partial charge in [-0.25, -0.2) is 4.79 Å². The van der Waals surface area contributed by atoms with Gasteiger partial charge in [-0.2, -0.15) is 0 Å². The van der Waals surface area contributed by atoms with Crippen LogP contribution in [0.25, 0.3) is 0 Å². The molecule has 0 saturated carbocycles. The third-order valence-electron chi connectivity index (χ3n) is 8.03. The average Bonchev–Trinajstić information content (AvgIpc) is 2.90. The molecule has 1 aliphatic heterocycles. The van der Waals surface area contributed by atoms with Gasteiger partial charge in [-0.15, -0.1) is 0 Å². The lowest BCUT2D eigenvalue weighted by Crippen LogP contribution is -2.52. The van der Waals surface area contributed by atoms with Crippen molar-refractivity contribution in [2.45, 2.75) is 121 Å². The van der Waals surface area contributed by atoms with Crippen LogP contribution in [0.1, 0.15) is 61.8 Å². The number of rotatable bonds is 8. The van der Waals surface area contributed by atoms with Crippen molar-refractivity contribution in [1.82, 2.24) is 9.55 Å². The number of alkyl halides is 1. The Labute approximate surface area is 221 Å². The average molecular weight is 592 g/mol. The van der Waals surface area contributed by atoms with Crippen molar-refractivity contribution in [2.75, 3.05) is 6.61 Å². The second-order valence-electron chi connectivity index (χ2n) is 13.4. The maximum Gasteiger partial charge on any atom is 0.330 e. The van der Waals surface area contributed by atoms with E-state index in [1.165, 1.54) is 16.8 Å². The van der Waals surface area contributed by atoms with Crippen molar-refractivity contribution in [1.29, 1.82) is 0 Å². The van der Waals surface area contributed by atoms with Gasteiger partial charge in [-0.1, -0.05) is 71.3 Å². The Hall–Kier alpha value is -0.526. The molecular weight excluding hydrogens is 544 g/mol. The highest BCUT2D eigenvalue weighted by Gasteiger charge is 2.58. The number of aromatic amines is 1. The van der Waals surface area contributed by atoms with Crippen LogP contribution in [0.15, 0.2) is 21.9 Å². The van der Waals surface area contributed by atoms with E-state index in [0.717, 1.165) is 0 Å². The molecule has 1 fully saturated rings. The molecule has 1 aromatic rings. The zero-order chi connectivity index (χ0) is 27.2. The fourth-order valence-corrected chi connectivity index (χ4v) is 7.38. The minimum Gasteiger partial charge on any atom is -0.414 e. The maximum atomic E-state index is 13.0. The summed E-state index contributed by atoms with van der Waals surface area (Å²) in [6, 6.07) is 1.37. The summed E-state index contributed by atoms with van der Waals surface area (Å²) in [5, 5.41) is 0.0583. The van der Waals surface area contributed by atoms with Crippen molar-refractivity contribution in [3.8, 4) is 0 Å². The Bertz CT molecular complexity index is 993. The molecule has 0 aliphatic carbocycles. The van der Waals surface area contributed by atoms with Gasteiger partial charge in [0.2, 0.25) is 0 Å². The lowest BCUT2D eigenvalue weighted by Gasteiger charge is -2.41. The van der Waals surface area contributed by atoms with Crippen LogP contribution in [0, 0.1) is 5.92 Å². The lowest BCUT2D eigenvalue weighted by molar-refractivity contribution is -0.125. The second kappa shape index (κ2) is 10.3. The Morgan fingerprint density at radius 1 is 1.09 bits per heavy atom. The number of nitrogens with one attached hydrogen (secondary N) is 1. The van der Waals surface area contributed by atoms with Crippen molar-refractivity contribution >= 4 is 32.6 Å². The minimum atomic E-state index is -2.19. The van der Waals surface area contributed by atoms with Gasteiger partial charge in [0.15, 0.2) is 22.4 Å². The topological polar surface area (TPSA) is 82.6 Å². The van der Waals surface area contributed by atoms with Crippen molar-refractivity contribution in [3.63, 3.8) is 0 Å². The van der Waals surface area contributed by atoms with E-state index < -0.39 is 33.6 Å². The third-order valence-corrected chi connectivity index (χ3v) is 18.2. The van der Waals surface area contributed by atoms with Crippen LogP contribution in [-0.2, 0) is 19.3 Å². The molecule has 0 unspecified atom stereocenters. The lowest BCUT2D eigenvalue weighted by atomic mass is 9.95. The summed E-state index contributed by atoms with van der Waals surface area (Å²) in [7, 11) is -4.24. The first-order valence-corrected chi connectivity index (χ1v) is 19.3. The molecule has 0 spiro atoms. The highest BCUT2D eigenvalue weighted by atomic mass is 79.9. The molecular formula is C25H47BrN2O5Si2. The van der Waals surface area contributed by atoms with Crippen molar-refractivity contribution in [2.24, 2.45) is 5.92 Å².